The second-order valence-corrected chi connectivity index (χ2v) is 4.40. The number of hydrogen-bond donors (Lipinski definition) is 2. The molecule has 2 N–H and O–H groups in total. The van der Waals surface area contributed by atoms with Crippen LogP contribution >= 0.6 is 0 Å². The van der Waals surface area contributed by atoms with Gasteiger partial charge in [-0.15, -0.1) is 0 Å². The molecule has 0 bridgehead atoms. The summed E-state index contributed by atoms with van der Waals surface area (Å²) in [5.74, 6) is -1.24. The van der Waals surface area contributed by atoms with Crippen molar-refractivity contribution in [2.45, 2.75) is 19.4 Å². The van der Waals surface area contributed by atoms with Gasteiger partial charge in [0.1, 0.15) is 6.04 Å². The lowest BCUT2D eigenvalue weighted by Crippen LogP contribution is -2.58. The summed E-state index contributed by atoms with van der Waals surface area (Å²) in [5, 5.41) is 11.2. The lowest BCUT2D eigenvalue weighted by atomic mass is 10.2. The Morgan fingerprint density at radius 3 is 2.70 bits per heavy atom. The molecule has 0 spiro atoms. The number of amides is 3. The molecular weight excluding hydrogens is 266 g/mol. The van der Waals surface area contributed by atoms with Crippen LogP contribution in [0.2, 0.25) is 0 Å². The number of carboxylic acids is 1. The standard InChI is InChI=1S/C12H21N3O5/c1-3-14(5-4-10(16)17)12(19)15-6-7-20-8-9(15)11(18)13-2/h9H,3-8H2,1-2H3,(H,13,18)(H,16,17). The number of urea groups is 1. The number of nitrogens with one attached hydrogen (secondary N) is 1. The molecule has 8 nitrogen and oxygen atoms in total. The first kappa shape index (κ1) is 16.2. The third-order valence-corrected chi connectivity index (χ3v) is 3.17. The van der Waals surface area contributed by atoms with E-state index in [1.54, 1.807) is 6.92 Å². The Balaban J connectivity index is 2.74. The van der Waals surface area contributed by atoms with E-state index >= 15 is 0 Å². The van der Waals surface area contributed by atoms with Crippen LogP contribution in [0.4, 0.5) is 4.79 Å². The largest absolute Gasteiger partial charge is 0.481 e. The predicted octanol–water partition coefficient (Wildman–Crippen LogP) is -0.650. The number of carboxylic acid groups (broad SMARTS) is 1. The summed E-state index contributed by atoms with van der Waals surface area (Å²) in [7, 11) is 1.50. The zero-order valence-corrected chi connectivity index (χ0v) is 11.8. The van der Waals surface area contributed by atoms with Gasteiger partial charge in [-0.05, 0) is 6.92 Å². The molecule has 1 aliphatic rings. The Morgan fingerprint density at radius 2 is 2.15 bits per heavy atom. The van der Waals surface area contributed by atoms with E-state index in [9.17, 15) is 14.4 Å². The lowest BCUT2D eigenvalue weighted by molar-refractivity contribution is -0.137. The van der Waals surface area contributed by atoms with Crippen LogP contribution in [0, 0.1) is 0 Å². The Bertz CT molecular complexity index is 374. The zero-order chi connectivity index (χ0) is 15.1. The van der Waals surface area contributed by atoms with Crippen molar-refractivity contribution < 1.29 is 24.2 Å². The van der Waals surface area contributed by atoms with Gasteiger partial charge in [0.2, 0.25) is 5.91 Å². The topological polar surface area (TPSA) is 99.2 Å². The molecule has 1 unspecified atom stereocenters. The van der Waals surface area contributed by atoms with Crippen LogP contribution < -0.4 is 5.32 Å². The molecular formula is C12H21N3O5. The van der Waals surface area contributed by atoms with Crippen molar-refractivity contribution in [3.63, 3.8) is 0 Å². The van der Waals surface area contributed by atoms with Gasteiger partial charge in [0.15, 0.2) is 0 Å². The second-order valence-electron chi connectivity index (χ2n) is 4.40. The Labute approximate surface area is 117 Å². The van der Waals surface area contributed by atoms with E-state index in [2.05, 4.69) is 5.32 Å². The van der Waals surface area contributed by atoms with Crippen LogP contribution in [0.25, 0.3) is 0 Å². The Hall–Kier alpha value is -1.83. The highest BCUT2D eigenvalue weighted by Gasteiger charge is 2.34. The second kappa shape index (κ2) is 7.68. The van der Waals surface area contributed by atoms with Crippen molar-refractivity contribution in [2.24, 2.45) is 0 Å². The van der Waals surface area contributed by atoms with E-state index in [1.807, 2.05) is 0 Å². The van der Waals surface area contributed by atoms with Gasteiger partial charge in [0, 0.05) is 26.7 Å². The van der Waals surface area contributed by atoms with Crippen LogP contribution in [0.1, 0.15) is 13.3 Å². The van der Waals surface area contributed by atoms with Gasteiger partial charge in [-0.1, -0.05) is 0 Å². The molecule has 1 heterocycles. The summed E-state index contributed by atoms with van der Waals surface area (Å²) in [6, 6.07) is -0.995. The molecule has 114 valence electrons. The van der Waals surface area contributed by atoms with Crippen molar-refractivity contribution in [3.8, 4) is 0 Å². The fourth-order valence-electron chi connectivity index (χ4n) is 2.02. The first-order valence-electron chi connectivity index (χ1n) is 6.58. The Kier molecular flexibility index (Phi) is 6.23. The van der Waals surface area contributed by atoms with Crippen LogP contribution in [-0.2, 0) is 14.3 Å². The number of ether oxygens (including phenoxy) is 1. The van der Waals surface area contributed by atoms with Gasteiger partial charge in [0.05, 0.1) is 19.6 Å². The predicted molar refractivity (Wildman–Crippen MR) is 70.3 cm³/mol. The van der Waals surface area contributed by atoms with Gasteiger partial charge in [-0.2, -0.15) is 0 Å². The molecule has 0 aromatic carbocycles. The number of morpholine rings is 1. The van der Waals surface area contributed by atoms with E-state index in [-0.39, 0.29) is 31.5 Å². The summed E-state index contributed by atoms with van der Waals surface area (Å²) >= 11 is 0. The fourth-order valence-corrected chi connectivity index (χ4v) is 2.02. The molecule has 20 heavy (non-hydrogen) atoms. The van der Waals surface area contributed by atoms with Gasteiger partial charge < -0.3 is 25.0 Å². The van der Waals surface area contributed by atoms with Crippen LogP contribution in [-0.4, -0.2) is 78.8 Å². The van der Waals surface area contributed by atoms with Crippen molar-refractivity contribution in [1.29, 1.82) is 0 Å². The van der Waals surface area contributed by atoms with Crippen LogP contribution in [0.3, 0.4) is 0 Å². The molecule has 0 radical (unpaired) electrons. The van der Waals surface area contributed by atoms with Gasteiger partial charge in [0.25, 0.3) is 0 Å². The van der Waals surface area contributed by atoms with Gasteiger partial charge in [-0.3, -0.25) is 9.59 Å². The number of likely N-dealkylation sites (N-methyl/N-ethyl adjacent to an activating group) is 1. The van der Waals surface area contributed by atoms with E-state index in [0.717, 1.165) is 0 Å². The number of nitrogens with zero attached hydrogens (tertiary/aromatic N) is 2. The number of carbonyl (C=O) groups excluding carboxylic acids is 2. The smallest absolute Gasteiger partial charge is 0.320 e. The molecule has 0 saturated carbocycles. The highest BCUT2D eigenvalue weighted by molar-refractivity contribution is 5.87. The first-order valence-corrected chi connectivity index (χ1v) is 6.58. The first-order chi connectivity index (χ1) is 9.51. The molecule has 8 heteroatoms. The summed E-state index contributed by atoms with van der Waals surface area (Å²) in [6.07, 6.45) is -0.117. The lowest BCUT2D eigenvalue weighted by Gasteiger charge is -2.37. The molecule has 1 rings (SSSR count). The monoisotopic (exact) mass is 287 g/mol. The molecule has 3 amide bonds. The number of carbonyl (C=O) groups is 3. The molecule has 0 aromatic heterocycles. The molecule has 1 fully saturated rings. The minimum Gasteiger partial charge on any atom is -0.481 e. The van der Waals surface area contributed by atoms with E-state index in [0.29, 0.717) is 19.7 Å². The normalized spacial score (nSPS) is 18.5. The third-order valence-electron chi connectivity index (χ3n) is 3.17. The zero-order valence-electron chi connectivity index (χ0n) is 11.8. The maximum atomic E-state index is 12.4. The summed E-state index contributed by atoms with van der Waals surface area (Å²) in [6.45, 7) is 3.14. The maximum Gasteiger partial charge on any atom is 0.320 e. The van der Waals surface area contributed by atoms with Crippen molar-refractivity contribution in [2.75, 3.05) is 39.9 Å². The van der Waals surface area contributed by atoms with E-state index in [1.165, 1.54) is 16.8 Å². The number of rotatable bonds is 5. The van der Waals surface area contributed by atoms with Crippen LogP contribution in [0.5, 0.6) is 0 Å². The van der Waals surface area contributed by atoms with Crippen molar-refractivity contribution in [1.82, 2.24) is 15.1 Å². The van der Waals surface area contributed by atoms with Crippen molar-refractivity contribution >= 4 is 17.9 Å². The average Bonchev–Trinajstić information content (AvgIpc) is 2.46. The third kappa shape index (κ3) is 4.09. The van der Waals surface area contributed by atoms with E-state index in [4.69, 9.17) is 9.84 Å². The fraction of sp³-hybridized carbons (Fsp3) is 0.750. The Morgan fingerprint density at radius 1 is 1.45 bits per heavy atom. The highest BCUT2D eigenvalue weighted by atomic mass is 16.5. The SMILES string of the molecule is CCN(CCC(=O)O)C(=O)N1CCOCC1C(=O)NC. The number of aliphatic carboxylic acids is 1. The molecule has 1 aliphatic heterocycles. The summed E-state index contributed by atoms with van der Waals surface area (Å²) < 4.78 is 5.23. The van der Waals surface area contributed by atoms with Gasteiger partial charge in [-0.25, -0.2) is 4.79 Å². The molecule has 1 saturated heterocycles. The maximum absolute atomic E-state index is 12.4. The molecule has 0 aromatic rings. The summed E-state index contributed by atoms with van der Waals surface area (Å²) in [4.78, 5) is 37.6. The van der Waals surface area contributed by atoms with Crippen LogP contribution in [0.15, 0.2) is 0 Å². The quantitative estimate of drug-likeness (QED) is 0.700. The minimum absolute atomic E-state index is 0.117. The minimum atomic E-state index is -0.957. The highest BCUT2D eigenvalue weighted by Crippen LogP contribution is 2.11. The van der Waals surface area contributed by atoms with Crippen molar-refractivity contribution in [3.05, 3.63) is 0 Å². The summed E-state index contributed by atoms with van der Waals surface area (Å²) in [5.41, 5.74) is 0. The van der Waals surface area contributed by atoms with E-state index < -0.39 is 12.0 Å². The van der Waals surface area contributed by atoms with Gasteiger partial charge >= 0.3 is 12.0 Å². The average molecular weight is 287 g/mol. The molecule has 0 aliphatic carbocycles. The molecule has 1 atom stereocenters. The number of hydrogen-bond acceptors (Lipinski definition) is 4.